The predicted molar refractivity (Wildman–Crippen MR) is 104 cm³/mol. The van der Waals surface area contributed by atoms with Gasteiger partial charge in [-0.3, -0.25) is 14.9 Å². The van der Waals surface area contributed by atoms with Crippen LogP contribution in [-0.2, 0) is 11.3 Å². The summed E-state index contributed by atoms with van der Waals surface area (Å²) in [6.07, 6.45) is 0. The lowest BCUT2D eigenvalue weighted by Crippen LogP contribution is -2.38. The Hall–Kier alpha value is -3.94. The van der Waals surface area contributed by atoms with Crippen LogP contribution in [0.25, 0.3) is 10.8 Å². The molecule has 0 unspecified atom stereocenters. The third-order valence-electron chi connectivity index (χ3n) is 4.17. The predicted octanol–water partition coefficient (Wildman–Crippen LogP) is 3.87. The van der Waals surface area contributed by atoms with Gasteiger partial charge in [0, 0.05) is 24.1 Å². The summed E-state index contributed by atoms with van der Waals surface area (Å²) in [6, 6.07) is 18.0. The zero-order valence-corrected chi connectivity index (χ0v) is 14.7. The van der Waals surface area contributed by atoms with Gasteiger partial charge in [0.2, 0.25) is 0 Å². The lowest BCUT2D eigenvalue weighted by atomic mass is 10.1. The van der Waals surface area contributed by atoms with E-state index < -0.39 is 23.5 Å². The number of rotatable bonds is 6. The first-order chi connectivity index (χ1) is 13.4. The van der Waals surface area contributed by atoms with Crippen molar-refractivity contribution in [1.29, 1.82) is 0 Å². The number of non-ortho nitro benzene ring substituents is 1. The van der Waals surface area contributed by atoms with E-state index in [1.807, 2.05) is 30.3 Å². The molecule has 0 radical (unpaired) electrons. The Labute approximate surface area is 160 Å². The van der Waals surface area contributed by atoms with E-state index in [1.165, 1.54) is 24.3 Å². The number of nitrogens with one attached hydrogen (secondary N) is 1. The van der Waals surface area contributed by atoms with Crippen LogP contribution in [0.15, 0.2) is 66.7 Å². The number of urea groups is 1. The highest BCUT2D eigenvalue weighted by atomic mass is 16.6. The van der Waals surface area contributed by atoms with Crippen LogP contribution >= 0.6 is 0 Å². The minimum Gasteiger partial charge on any atom is -0.480 e. The number of carboxylic acids is 1. The monoisotopic (exact) mass is 379 g/mol. The summed E-state index contributed by atoms with van der Waals surface area (Å²) in [5.41, 5.74) is 1.08. The largest absolute Gasteiger partial charge is 0.480 e. The second-order valence-electron chi connectivity index (χ2n) is 6.13. The minimum atomic E-state index is -1.16. The molecule has 3 aromatic rings. The molecule has 142 valence electrons. The summed E-state index contributed by atoms with van der Waals surface area (Å²) in [4.78, 5) is 35.3. The molecule has 0 bridgehead atoms. The van der Waals surface area contributed by atoms with Crippen LogP contribution in [0.4, 0.5) is 16.2 Å². The van der Waals surface area contributed by atoms with Crippen molar-refractivity contribution < 1.29 is 19.6 Å². The van der Waals surface area contributed by atoms with Crippen LogP contribution in [0.3, 0.4) is 0 Å². The Balaban J connectivity index is 1.81. The van der Waals surface area contributed by atoms with E-state index in [1.54, 1.807) is 12.1 Å². The van der Waals surface area contributed by atoms with Crippen LogP contribution < -0.4 is 5.32 Å². The molecular formula is C20H17N3O5. The summed E-state index contributed by atoms with van der Waals surface area (Å²) >= 11 is 0. The van der Waals surface area contributed by atoms with Crippen molar-refractivity contribution in [2.24, 2.45) is 0 Å². The highest BCUT2D eigenvalue weighted by Crippen LogP contribution is 2.23. The quantitative estimate of drug-likeness (QED) is 0.499. The van der Waals surface area contributed by atoms with E-state index in [9.17, 15) is 19.7 Å². The van der Waals surface area contributed by atoms with Crippen LogP contribution in [0.5, 0.6) is 0 Å². The van der Waals surface area contributed by atoms with Gasteiger partial charge in [-0.15, -0.1) is 0 Å². The third kappa shape index (κ3) is 4.42. The molecule has 0 aromatic heterocycles. The molecular weight excluding hydrogens is 362 g/mol. The van der Waals surface area contributed by atoms with Crippen molar-refractivity contribution in [3.63, 3.8) is 0 Å². The Morgan fingerprint density at radius 1 is 1.00 bits per heavy atom. The van der Waals surface area contributed by atoms with Crippen LogP contribution in [0.1, 0.15) is 5.56 Å². The number of nitro benzene ring substituents is 1. The molecule has 0 aliphatic heterocycles. The molecule has 28 heavy (non-hydrogen) atoms. The lowest BCUT2D eigenvalue weighted by molar-refractivity contribution is -0.384. The van der Waals surface area contributed by atoms with Crippen LogP contribution in [0.2, 0.25) is 0 Å². The number of fused-ring (bicyclic) bond motifs is 1. The van der Waals surface area contributed by atoms with Gasteiger partial charge in [0.15, 0.2) is 0 Å². The Morgan fingerprint density at radius 2 is 1.68 bits per heavy atom. The molecule has 0 atom stereocenters. The van der Waals surface area contributed by atoms with E-state index >= 15 is 0 Å². The summed E-state index contributed by atoms with van der Waals surface area (Å²) in [7, 11) is 0. The first-order valence-electron chi connectivity index (χ1n) is 8.43. The summed E-state index contributed by atoms with van der Waals surface area (Å²) in [6.45, 7) is -0.505. The number of nitro groups is 1. The second-order valence-corrected chi connectivity index (χ2v) is 6.13. The standard InChI is InChI=1S/C20H17N3O5/c24-19(25)13-22(12-14-8-10-16(11-9-14)23(27)28)20(26)21-18-7-3-5-15-4-1-2-6-17(15)18/h1-11H,12-13H2,(H,21,26)(H,24,25). The zero-order valence-electron chi connectivity index (χ0n) is 14.7. The maximum atomic E-state index is 12.7. The van der Waals surface area contributed by atoms with Crippen LogP contribution in [0, 0.1) is 10.1 Å². The van der Waals surface area contributed by atoms with Crippen molar-refractivity contribution in [1.82, 2.24) is 4.90 Å². The number of carboxylic acid groups (broad SMARTS) is 1. The van der Waals surface area contributed by atoms with Crippen molar-refractivity contribution in [3.8, 4) is 0 Å². The van der Waals surface area contributed by atoms with Crippen molar-refractivity contribution in [2.75, 3.05) is 11.9 Å². The molecule has 0 aliphatic carbocycles. The van der Waals surface area contributed by atoms with E-state index in [0.29, 0.717) is 11.3 Å². The van der Waals surface area contributed by atoms with Crippen LogP contribution in [-0.4, -0.2) is 33.5 Å². The number of hydrogen-bond donors (Lipinski definition) is 2. The molecule has 0 saturated heterocycles. The topological polar surface area (TPSA) is 113 Å². The number of carbonyl (C=O) groups excluding carboxylic acids is 1. The fourth-order valence-electron chi connectivity index (χ4n) is 2.83. The molecule has 2 amide bonds. The van der Waals surface area contributed by atoms with Gasteiger partial charge in [0.1, 0.15) is 6.54 Å². The number of aliphatic carboxylic acids is 1. The molecule has 3 rings (SSSR count). The van der Waals surface area contributed by atoms with Crippen molar-refractivity contribution in [2.45, 2.75) is 6.54 Å². The van der Waals surface area contributed by atoms with Gasteiger partial charge in [-0.25, -0.2) is 4.79 Å². The number of amides is 2. The fourth-order valence-corrected chi connectivity index (χ4v) is 2.83. The first kappa shape index (κ1) is 18.8. The number of benzene rings is 3. The summed E-state index contributed by atoms with van der Waals surface area (Å²) in [5.74, 6) is -1.16. The number of anilines is 1. The normalized spacial score (nSPS) is 10.4. The highest BCUT2D eigenvalue weighted by Gasteiger charge is 2.18. The van der Waals surface area contributed by atoms with Gasteiger partial charge >= 0.3 is 12.0 Å². The fraction of sp³-hybridized carbons (Fsp3) is 0.100. The number of carbonyl (C=O) groups is 2. The van der Waals surface area contributed by atoms with E-state index in [0.717, 1.165) is 15.7 Å². The highest BCUT2D eigenvalue weighted by molar-refractivity contribution is 6.02. The van der Waals surface area contributed by atoms with Gasteiger partial charge in [0.25, 0.3) is 5.69 Å². The van der Waals surface area contributed by atoms with Gasteiger partial charge in [-0.2, -0.15) is 0 Å². The molecule has 0 fully saturated rings. The van der Waals surface area contributed by atoms with Crippen molar-refractivity contribution >= 4 is 34.1 Å². The zero-order chi connectivity index (χ0) is 20.1. The Bertz CT molecular complexity index is 1030. The molecule has 0 heterocycles. The summed E-state index contributed by atoms with van der Waals surface area (Å²) < 4.78 is 0. The molecule has 8 nitrogen and oxygen atoms in total. The molecule has 8 heteroatoms. The van der Waals surface area contributed by atoms with Gasteiger partial charge in [-0.1, -0.05) is 48.5 Å². The van der Waals surface area contributed by atoms with Gasteiger partial charge in [-0.05, 0) is 17.0 Å². The molecule has 2 N–H and O–H groups in total. The first-order valence-corrected chi connectivity index (χ1v) is 8.43. The third-order valence-corrected chi connectivity index (χ3v) is 4.17. The SMILES string of the molecule is O=C(O)CN(Cc1ccc([N+](=O)[O-])cc1)C(=O)Nc1cccc2ccccc12. The smallest absolute Gasteiger partial charge is 0.323 e. The average Bonchev–Trinajstić information content (AvgIpc) is 2.68. The van der Waals surface area contributed by atoms with E-state index in [4.69, 9.17) is 5.11 Å². The molecule has 0 aliphatic rings. The van der Waals surface area contributed by atoms with Gasteiger partial charge in [0.05, 0.1) is 10.6 Å². The maximum absolute atomic E-state index is 12.7. The Morgan fingerprint density at radius 3 is 2.36 bits per heavy atom. The van der Waals surface area contributed by atoms with E-state index in [-0.39, 0.29) is 12.2 Å². The van der Waals surface area contributed by atoms with E-state index in [2.05, 4.69) is 5.32 Å². The second kappa shape index (κ2) is 8.17. The minimum absolute atomic E-state index is 0.000887. The molecule has 0 saturated carbocycles. The van der Waals surface area contributed by atoms with Crippen molar-refractivity contribution in [3.05, 3.63) is 82.4 Å². The molecule has 3 aromatic carbocycles. The summed E-state index contributed by atoms with van der Waals surface area (Å²) in [5, 5.41) is 24.4. The lowest BCUT2D eigenvalue weighted by Gasteiger charge is -2.22. The van der Waals surface area contributed by atoms with Gasteiger partial charge < -0.3 is 15.3 Å². The average molecular weight is 379 g/mol. The maximum Gasteiger partial charge on any atom is 0.323 e. The Kier molecular flexibility index (Phi) is 5.50. The number of nitrogens with zero attached hydrogens (tertiary/aromatic N) is 2. The molecule has 0 spiro atoms. The number of hydrogen-bond acceptors (Lipinski definition) is 4.